The molecule has 0 spiro atoms. The summed E-state index contributed by atoms with van der Waals surface area (Å²) in [6.45, 7) is 5.77. The van der Waals surface area contributed by atoms with Crippen LogP contribution in [0.3, 0.4) is 0 Å². The Balaban J connectivity index is 2.17. The SMILES string of the molecule is CC(C)(C)OC(=O)N1CC=C2C(C#N)=C(N)C(C#N)(C#N)[C@H](c3cccnc3)[C@@H]2C1. The van der Waals surface area contributed by atoms with Crippen molar-refractivity contribution in [3.05, 3.63) is 53.0 Å². The number of nitriles is 3. The molecule has 1 aromatic heterocycles. The molecule has 152 valence electrons. The zero-order valence-corrected chi connectivity index (χ0v) is 17.1. The van der Waals surface area contributed by atoms with Crippen LogP contribution in [0.15, 0.2) is 47.4 Å². The van der Waals surface area contributed by atoms with Gasteiger partial charge in [0, 0.05) is 37.3 Å². The second-order valence-electron chi connectivity index (χ2n) is 8.35. The molecule has 0 aromatic carbocycles. The van der Waals surface area contributed by atoms with Gasteiger partial charge in [0.1, 0.15) is 11.7 Å². The monoisotopic (exact) mass is 402 g/mol. The molecule has 1 aliphatic heterocycles. The number of hydrogen-bond acceptors (Lipinski definition) is 7. The van der Waals surface area contributed by atoms with E-state index in [1.165, 1.54) is 4.90 Å². The summed E-state index contributed by atoms with van der Waals surface area (Å²) in [5.41, 5.74) is 5.18. The van der Waals surface area contributed by atoms with Crippen molar-refractivity contribution >= 4 is 6.09 Å². The molecule has 3 rings (SSSR count). The number of carbonyl (C=O) groups is 1. The van der Waals surface area contributed by atoms with Crippen molar-refractivity contribution in [2.24, 2.45) is 17.1 Å². The summed E-state index contributed by atoms with van der Waals surface area (Å²) in [5, 5.41) is 29.8. The van der Waals surface area contributed by atoms with Gasteiger partial charge in [-0.15, -0.1) is 0 Å². The molecule has 8 nitrogen and oxygen atoms in total. The van der Waals surface area contributed by atoms with Crippen LogP contribution >= 0.6 is 0 Å². The third kappa shape index (κ3) is 3.36. The molecule has 30 heavy (non-hydrogen) atoms. The predicted octanol–water partition coefficient (Wildman–Crippen LogP) is 2.74. The number of allylic oxidation sites excluding steroid dienone is 2. The normalized spacial score (nSPS) is 22.7. The van der Waals surface area contributed by atoms with Gasteiger partial charge in [0.25, 0.3) is 0 Å². The number of ether oxygens (including phenoxy) is 1. The Hall–Kier alpha value is -3.83. The molecule has 0 radical (unpaired) electrons. The average molecular weight is 402 g/mol. The zero-order valence-electron chi connectivity index (χ0n) is 17.1. The van der Waals surface area contributed by atoms with Crippen molar-refractivity contribution < 1.29 is 9.53 Å². The van der Waals surface area contributed by atoms with Gasteiger partial charge in [-0.05, 0) is 38.0 Å². The number of pyridine rings is 1. The van der Waals surface area contributed by atoms with Crippen molar-refractivity contribution in [2.75, 3.05) is 13.1 Å². The highest BCUT2D eigenvalue weighted by Gasteiger charge is 2.55. The van der Waals surface area contributed by atoms with Gasteiger partial charge in [0.2, 0.25) is 0 Å². The maximum atomic E-state index is 12.7. The molecule has 8 heteroatoms. The molecule has 0 fully saturated rings. The highest BCUT2D eigenvalue weighted by atomic mass is 16.6. The van der Waals surface area contributed by atoms with Crippen LogP contribution in [0.1, 0.15) is 32.3 Å². The van der Waals surface area contributed by atoms with Gasteiger partial charge in [-0.2, -0.15) is 15.8 Å². The Labute approximate surface area is 175 Å². The Morgan fingerprint density at radius 2 is 2.03 bits per heavy atom. The van der Waals surface area contributed by atoms with E-state index in [-0.39, 0.29) is 24.4 Å². The van der Waals surface area contributed by atoms with E-state index in [2.05, 4.69) is 23.2 Å². The fourth-order valence-electron chi connectivity index (χ4n) is 4.09. The van der Waals surface area contributed by atoms with E-state index < -0.39 is 28.9 Å². The number of nitrogens with zero attached hydrogens (tertiary/aromatic N) is 5. The molecule has 0 unspecified atom stereocenters. The lowest BCUT2D eigenvalue weighted by molar-refractivity contribution is 0.0224. The first-order valence-electron chi connectivity index (χ1n) is 9.49. The van der Waals surface area contributed by atoms with Crippen LogP contribution < -0.4 is 5.73 Å². The topological polar surface area (TPSA) is 140 Å². The van der Waals surface area contributed by atoms with Gasteiger partial charge >= 0.3 is 6.09 Å². The molecular weight excluding hydrogens is 380 g/mol. The minimum Gasteiger partial charge on any atom is -0.444 e. The maximum Gasteiger partial charge on any atom is 0.410 e. The van der Waals surface area contributed by atoms with Crippen LogP contribution in [-0.4, -0.2) is 34.7 Å². The van der Waals surface area contributed by atoms with E-state index in [1.54, 1.807) is 51.4 Å². The summed E-state index contributed by atoms with van der Waals surface area (Å²) in [6, 6.07) is 9.67. The summed E-state index contributed by atoms with van der Waals surface area (Å²) in [6.07, 6.45) is 4.44. The largest absolute Gasteiger partial charge is 0.444 e. The van der Waals surface area contributed by atoms with E-state index in [4.69, 9.17) is 10.5 Å². The molecular formula is C22H22N6O2. The smallest absolute Gasteiger partial charge is 0.410 e. The molecule has 2 atom stereocenters. The standard InChI is InChI=1S/C22H22N6O2/c1-21(2,3)30-20(29)28-8-6-15-16(9-23)19(26)22(12-24,13-25)18(17(15)11-28)14-5-4-7-27-10-14/h4-7,10,17-18H,8,11,26H2,1-3H3/t17-,18-/m1/s1. The minimum atomic E-state index is -1.76. The van der Waals surface area contributed by atoms with Crippen LogP contribution in [0.25, 0.3) is 0 Å². The van der Waals surface area contributed by atoms with Gasteiger partial charge in [-0.3, -0.25) is 4.98 Å². The lowest BCUT2D eigenvalue weighted by Crippen LogP contribution is -2.50. The van der Waals surface area contributed by atoms with Crippen LogP contribution in [0.2, 0.25) is 0 Å². The molecule has 0 saturated heterocycles. The molecule has 1 aliphatic carbocycles. The van der Waals surface area contributed by atoms with Crippen molar-refractivity contribution in [2.45, 2.75) is 32.3 Å². The summed E-state index contributed by atoms with van der Waals surface area (Å²) in [5.74, 6) is -1.19. The van der Waals surface area contributed by atoms with Crippen LogP contribution in [0.4, 0.5) is 4.79 Å². The summed E-state index contributed by atoms with van der Waals surface area (Å²) >= 11 is 0. The maximum absolute atomic E-state index is 12.7. The van der Waals surface area contributed by atoms with E-state index in [0.29, 0.717) is 11.1 Å². The third-order valence-corrected chi connectivity index (χ3v) is 5.36. The predicted molar refractivity (Wildman–Crippen MR) is 107 cm³/mol. The lowest BCUT2D eigenvalue weighted by atomic mass is 9.58. The molecule has 1 amide bonds. The first-order valence-corrected chi connectivity index (χ1v) is 9.49. The molecule has 2 heterocycles. The van der Waals surface area contributed by atoms with E-state index in [1.807, 2.05) is 0 Å². The molecule has 0 bridgehead atoms. The quantitative estimate of drug-likeness (QED) is 0.761. The number of hydrogen-bond donors (Lipinski definition) is 1. The minimum absolute atomic E-state index is 0.0583. The first kappa shape index (κ1) is 20.9. The number of carbonyl (C=O) groups excluding carboxylic acids is 1. The van der Waals surface area contributed by atoms with Crippen molar-refractivity contribution in [1.29, 1.82) is 15.8 Å². The van der Waals surface area contributed by atoms with Gasteiger partial charge < -0.3 is 15.4 Å². The number of aromatic nitrogens is 1. The van der Waals surface area contributed by atoms with Gasteiger partial charge in [-0.25, -0.2) is 4.79 Å². The fourth-order valence-corrected chi connectivity index (χ4v) is 4.09. The molecule has 2 aliphatic rings. The van der Waals surface area contributed by atoms with Gasteiger partial charge in [0.15, 0.2) is 5.41 Å². The lowest BCUT2D eigenvalue weighted by Gasteiger charge is -2.45. The highest BCUT2D eigenvalue weighted by Crippen LogP contribution is 2.54. The first-order chi connectivity index (χ1) is 14.2. The zero-order chi connectivity index (χ0) is 22.1. The van der Waals surface area contributed by atoms with E-state index in [9.17, 15) is 20.6 Å². The fraction of sp³-hybridized carbons (Fsp3) is 0.409. The molecule has 0 saturated carbocycles. The van der Waals surface area contributed by atoms with E-state index >= 15 is 0 Å². The van der Waals surface area contributed by atoms with Gasteiger partial charge in [-0.1, -0.05) is 12.1 Å². The Kier molecular flexibility index (Phi) is 5.25. The Bertz CT molecular complexity index is 1030. The average Bonchev–Trinajstić information content (AvgIpc) is 2.72. The summed E-state index contributed by atoms with van der Waals surface area (Å²) in [7, 11) is 0. The summed E-state index contributed by atoms with van der Waals surface area (Å²) in [4.78, 5) is 18.3. The van der Waals surface area contributed by atoms with Crippen LogP contribution in [0.5, 0.6) is 0 Å². The third-order valence-electron chi connectivity index (χ3n) is 5.36. The number of amides is 1. The number of rotatable bonds is 1. The molecule has 1 aromatic rings. The highest BCUT2D eigenvalue weighted by molar-refractivity contribution is 5.70. The van der Waals surface area contributed by atoms with Crippen molar-refractivity contribution in [3.63, 3.8) is 0 Å². The Morgan fingerprint density at radius 1 is 1.33 bits per heavy atom. The van der Waals surface area contributed by atoms with Gasteiger partial charge in [0.05, 0.1) is 23.4 Å². The van der Waals surface area contributed by atoms with Crippen molar-refractivity contribution in [3.8, 4) is 18.2 Å². The van der Waals surface area contributed by atoms with Crippen LogP contribution in [0, 0.1) is 45.3 Å². The van der Waals surface area contributed by atoms with Crippen molar-refractivity contribution in [1.82, 2.24) is 9.88 Å². The summed E-state index contributed by atoms with van der Waals surface area (Å²) < 4.78 is 5.49. The van der Waals surface area contributed by atoms with E-state index in [0.717, 1.165) is 0 Å². The second-order valence-corrected chi connectivity index (χ2v) is 8.35. The Morgan fingerprint density at radius 3 is 2.57 bits per heavy atom. The number of fused-ring (bicyclic) bond motifs is 1. The second kappa shape index (κ2) is 7.54. The number of nitrogens with two attached hydrogens (primary N) is 1. The van der Waals surface area contributed by atoms with Crippen LogP contribution in [-0.2, 0) is 4.74 Å². The molecule has 2 N–H and O–H groups in total.